The summed E-state index contributed by atoms with van der Waals surface area (Å²) in [5.41, 5.74) is 0.586. The van der Waals surface area contributed by atoms with E-state index in [1.807, 2.05) is 0 Å². The van der Waals surface area contributed by atoms with Crippen molar-refractivity contribution in [2.45, 2.75) is 70.3 Å². The predicted octanol–water partition coefficient (Wildman–Crippen LogP) is 3.51. The SMILES string of the molecule is O[C@@H]1CC2(CCCCC2)[C@@H]2CCCC[C@@H]12. The highest BCUT2D eigenvalue weighted by Crippen LogP contribution is 2.59. The van der Waals surface area contributed by atoms with Gasteiger partial charge in [-0.1, -0.05) is 32.1 Å². The third-order valence-corrected chi connectivity index (χ3v) is 5.57. The molecule has 0 aromatic carbocycles. The highest BCUT2D eigenvalue weighted by molar-refractivity contribution is 5.02. The molecule has 3 rings (SSSR count). The van der Waals surface area contributed by atoms with Crippen LogP contribution in [-0.4, -0.2) is 11.2 Å². The van der Waals surface area contributed by atoms with E-state index >= 15 is 0 Å². The summed E-state index contributed by atoms with van der Waals surface area (Å²) in [5, 5.41) is 10.2. The van der Waals surface area contributed by atoms with Crippen molar-refractivity contribution in [1.82, 2.24) is 0 Å². The van der Waals surface area contributed by atoms with Crippen LogP contribution in [0.4, 0.5) is 0 Å². The van der Waals surface area contributed by atoms with Crippen LogP contribution >= 0.6 is 0 Å². The fourth-order valence-electron chi connectivity index (χ4n) is 4.93. The highest BCUT2D eigenvalue weighted by Gasteiger charge is 2.52. The average Bonchev–Trinajstić information content (AvgIpc) is 2.55. The summed E-state index contributed by atoms with van der Waals surface area (Å²) < 4.78 is 0. The van der Waals surface area contributed by atoms with Crippen molar-refractivity contribution in [2.24, 2.45) is 17.3 Å². The summed E-state index contributed by atoms with van der Waals surface area (Å²) in [5.74, 6) is 1.57. The third-order valence-electron chi connectivity index (χ3n) is 5.57. The first-order valence-corrected chi connectivity index (χ1v) is 7.00. The Kier molecular flexibility index (Phi) is 2.54. The lowest BCUT2D eigenvalue weighted by molar-refractivity contribution is 0.0744. The second kappa shape index (κ2) is 3.76. The molecule has 1 nitrogen and oxygen atoms in total. The van der Waals surface area contributed by atoms with Gasteiger partial charge in [-0.05, 0) is 49.4 Å². The first-order chi connectivity index (χ1) is 7.32. The predicted molar refractivity (Wildman–Crippen MR) is 61.6 cm³/mol. The fraction of sp³-hybridized carbons (Fsp3) is 1.00. The zero-order chi connectivity index (χ0) is 10.3. The van der Waals surface area contributed by atoms with Gasteiger partial charge in [0.05, 0.1) is 6.10 Å². The van der Waals surface area contributed by atoms with Crippen molar-refractivity contribution >= 4 is 0 Å². The molecule has 0 amide bonds. The second-order valence-corrected chi connectivity index (χ2v) is 6.25. The molecule has 0 aliphatic heterocycles. The van der Waals surface area contributed by atoms with Crippen molar-refractivity contribution in [3.05, 3.63) is 0 Å². The summed E-state index contributed by atoms with van der Waals surface area (Å²) in [6, 6.07) is 0. The number of aliphatic hydroxyl groups excluding tert-OH is 1. The Balaban J connectivity index is 1.83. The van der Waals surface area contributed by atoms with Crippen LogP contribution in [0.25, 0.3) is 0 Å². The molecule has 0 aromatic rings. The smallest absolute Gasteiger partial charge is 0.0576 e. The Labute approximate surface area is 93.3 Å². The van der Waals surface area contributed by atoms with Gasteiger partial charge in [0, 0.05) is 0 Å². The molecule has 0 saturated heterocycles. The molecule has 1 heteroatoms. The molecule has 86 valence electrons. The molecule has 3 atom stereocenters. The van der Waals surface area contributed by atoms with Crippen LogP contribution in [-0.2, 0) is 0 Å². The molecular weight excluding hydrogens is 184 g/mol. The Morgan fingerprint density at radius 2 is 1.60 bits per heavy atom. The van der Waals surface area contributed by atoms with Crippen LogP contribution in [0.2, 0.25) is 0 Å². The minimum atomic E-state index is 0.0494. The molecule has 3 saturated carbocycles. The van der Waals surface area contributed by atoms with Crippen molar-refractivity contribution in [2.75, 3.05) is 0 Å². The van der Waals surface area contributed by atoms with E-state index in [1.54, 1.807) is 0 Å². The van der Waals surface area contributed by atoms with Crippen LogP contribution in [0.3, 0.4) is 0 Å². The van der Waals surface area contributed by atoms with E-state index in [1.165, 1.54) is 57.8 Å². The molecule has 1 spiro atoms. The van der Waals surface area contributed by atoms with E-state index in [4.69, 9.17) is 0 Å². The quantitative estimate of drug-likeness (QED) is 0.646. The Bertz CT molecular complexity index is 229. The molecule has 0 heterocycles. The topological polar surface area (TPSA) is 20.2 Å². The monoisotopic (exact) mass is 208 g/mol. The Hall–Kier alpha value is -0.0400. The number of fused-ring (bicyclic) bond motifs is 2. The fourth-order valence-corrected chi connectivity index (χ4v) is 4.93. The second-order valence-electron chi connectivity index (χ2n) is 6.25. The summed E-state index contributed by atoms with van der Waals surface area (Å²) in [4.78, 5) is 0. The van der Waals surface area contributed by atoms with Crippen molar-refractivity contribution in [1.29, 1.82) is 0 Å². The van der Waals surface area contributed by atoms with Gasteiger partial charge in [-0.15, -0.1) is 0 Å². The van der Waals surface area contributed by atoms with E-state index in [9.17, 15) is 5.11 Å². The van der Waals surface area contributed by atoms with E-state index in [0.29, 0.717) is 11.3 Å². The molecule has 0 radical (unpaired) electrons. The zero-order valence-electron chi connectivity index (χ0n) is 9.75. The maximum atomic E-state index is 10.2. The summed E-state index contributed by atoms with van der Waals surface area (Å²) in [7, 11) is 0. The molecule has 3 aliphatic carbocycles. The zero-order valence-corrected chi connectivity index (χ0v) is 9.75. The third kappa shape index (κ3) is 1.54. The van der Waals surface area contributed by atoms with Crippen molar-refractivity contribution in [3.63, 3.8) is 0 Å². The average molecular weight is 208 g/mol. The van der Waals surface area contributed by atoms with Gasteiger partial charge in [-0.25, -0.2) is 0 Å². The molecule has 0 aromatic heterocycles. The first kappa shape index (κ1) is 10.1. The minimum Gasteiger partial charge on any atom is -0.393 e. The largest absolute Gasteiger partial charge is 0.393 e. The van der Waals surface area contributed by atoms with Crippen LogP contribution in [0.1, 0.15) is 64.2 Å². The van der Waals surface area contributed by atoms with Gasteiger partial charge in [0.1, 0.15) is 0 Å². The lowest BCUT2D eigenvalue weighted by atomic mass is 9.63. The van der Waals surface area contributed by atoms with Crippen LogP contribution in [0, 0.1) is 17.3 Å². The molecule has 1 N–H and O–H groups in total. The van der Waals surface area contributed by atoms with Crippen LogP contribution in [0.5, 0.6) is 0 Å². The number of hydrogen-bond acceptors (Lipinski definition) is 1. The summed E-state index contributed by atoms with van der Waals surface area (Å²) in [6.45, 7) is 0. The number of rotatable bonds is 0. The van der Waals surface area contributed by atoms with Crippen molar-refractivity contribution in [3.8, 4) is 0 Å². The molecule has 3 aliphatic rings. The van der Waals surface area contributed by atoms with Gasteiger partial charge in [0.2, 0.25) is 0 Å². The summed E-state index contributed by atoms with van der Waals surface area (Å²) in [6.07, 6.45) is 13.9. The van der Waals surface area contributed by atoms with E-state index in [-0.39, 0.29) is 6.10 Å². The minimum absolute atomic E-state index is 0.0494. The van der Waals surface area contributed by atoms with E-state index < -0.39 is 0 Å². The lowest BCUT2D eigenvalue weighted by Crippen LogP contribution is -2.32. The van der Waals surface area contributed by atoms with Crippen LogP contribution < -0.4 is 0 Å². The Morgan fingerprint density at radius 3 is 2.40 bits per heavy atom. The van der Waals surface area contributed by atoms with E-state index in [2.05, 4.69) is 0 Å². The Morgan fingerprint density at radius 1 is 0.867 bits per heavy atom. The maximum absolute atomic E-state index is 10.2. The van der Waals surface area contributed by atoms with Gasteiger partial charge in [0.25, 0.3) is 0 Å². The number of aliphatic hydroxyl groups is 1. The summed E-state index contributed by atoms with van der Waals surface area (Å²) >= 11 is 0. The maximum Gasteiger partial charge on any atom is 0.0576 e. The van der Waals surface area contributed by atoms with Gasteiger partial charge in [-0.3, -0.25) is 0 Å². The molecule has 15 heavy (non-hydrogen) atoms. The number of hydrogen-bond donors (Lipinski definition) is 1. The van der Waals surface area contributed by atoms with Gasteiger partial charge < -0.3 is 5.11 Å². The van der Waals surface area contributed by atoms with E-state index in [0.717, 1.165) is 12.3 Å². The lowest BCUT2D eigenvalue weighted by Gasteiger charge is -2.42. The normalized spacial score (nSPS) is 44.2. The van der Waals surface area contributed by atoms with Crippen molar-refractivity contribution < 1.29 is 5.11 Å². The molecule has 3 fully saturated rings. The standard InChI is InChI=1S/C14H24O/c15-13-10-14(8-4-1-5-9-14)12-7-3-2-6-11(12)13/h11-13,15H,1-10H2/t11-,12-,13-/m1/s1. The van der Waals surface area contributed by atoms with Crippen LogP contribution in [0.15, 0.2) is 0 Å². The molecule has 0 bridgehead atoms. The van der Waals surface area contributed by atoms with Gasteiger partial charge in [-0.2, -0.15) is 0 Å². The molecular formula is C14H24O. The van der Waals surface area contributed by atoms with Gasteiger partial charge in [0.15, 0.2) is 0 Å². The first-order valence-electron chi connectivity index (χ1n) is 7.00. The van der Waals surface area contributed by atoms with Gasteiger partial charge >= 0.3 is 0 Å². The molecule has 0 unspecified atom stereocenters. The highest BCUT2D eigenvalue weighted by atomic mass is 16.3.